The summed E-state index contributed by atoms with van der Waals surface area (Å²) in [6.07, 6.45) is 0. The number of benzene rings is 2. The van der Waals surface area contributed by atoms with Crippen molar-refractivity contribution in [2.45, 2.75) is 12.8 Å². The van der Waals surface area contributed by atoms with Crippen molar-refractivity contribution >= 4 is 59.3 Å². The van der Waals surface area contributed by atoms with Crippen LogP contribution in [0.4, 0.5) is 15.9 Å². The zero-order chi connectivity index (χ0) is 29.0. The van der Waals surface area contributed by atoms with Crippen molar-refractivity contribution in [2.75, 3.05) is 37.8 Å². The van der Waals surface area contributed by atoms with Gasteiger partial charge in [-0.25, -0.2) is 4.39 Å². The van der Waals surface area contributed by atoms with Crippen molar-refractivity contribution in [3.8, 4) is 5.75 Å². The highest BCUT2D eigenvalue weighted by atomic mass is 35.5. The number of carbonyl (C=O) groups is 3. The Morgan fingerprint density at radius 2 is 1.93 bits per heavy atom. The number of carbonyl (C=O) groups excluding carboxylic acids is 3. The molecule has 1 saturated heterocycles. The summed E-state index contributed by atoms with van der Waals surface area (Å²) in [5, 5.41) is 12.9. The number of nitrogen functional groups attached to an aromatic ring is 1. The number of nitrogens with two attached hydrogens (primary N) is 1. The zero-order valence-corrected chi connectivity index (χ0v) is 22.9. The lowest BCUT2D eigenvalue weighted by Crippen LogP contribution is -2.49. The van der Waals surface area contributed by atoms with Crippen molar-refractivity contribution in [2.24, 2.45) is 0 Å². The molecule has 208 valence electrons. The fourth-order valence-corrected chi connectivity index (χ4v) is 4.51. The number of anilines is 2. The fraction of sp³-hybridized carbons (Fsp3) is 0.240. The largest absolute Gasteiger partial charge is 0.487 e. The molecule has 1 aliphatic rings. The summed E-state index contributed by atoms with van der Waals surface area (Å²) in [6.45, 7) is 1.78. The molecule has 0 bridgehead atoms. The lowest BCUT2D eigenvalue weighted by Gasteiger charge is -2.26. The molecular formula is C25H24BCl2FN6O5. The summed E-state index contributed by atoms with van der Waals surface area (Å²) in [6, 6.07) is 8.89. The van der Waals surface area contributed by atoms with E-state index in [4.69, 9.17) is 38.3 Å². The van der Waals surface area contributed by atoms with Crippen LogP contribution in [0.15, 0.2) is 42.5 Å². The maximum absolute atomic E-state index is 14.2. The molecule has 3 aromatic rings. The first-order valence-corrected chi connectivity index (χ1v) is 12.8. The highest BCUT2D eigenvalue weighted by Gasteiger charge is 2.32. The molecule has 2 aromatic carbocycles. The molecule has 0 spiro atoms. The van der Waals surface area contributed by atoms with Gasteiger partial charge in [-0.15, -0.1) is 10.2 Å². The minimum absolute atomic E-state index is 0.0147. The zero-order valence-electron chi connectivity index (χ0n) is 21.4. The maximum Gasteiger partial charge on any atom is 0.338 e. The first-order valence-electron chi connectivity index (χ1n) is 12.0. The lowest BCUT2D eigenvalue weighted by atomic mass is 9.62. The third kappa shape index (κ3) is 6.44. The van der Waals surface area contributed by atoms with Gasteiger partial charge in [-0.05, 0) is 36.4 Å². The molecule has 4 rings (SSSR count). The van der Waals surface area contributed by atoms with Gasteiger partial charge in [-0.1, -0.05) is 30.0 Å². The number of hydrogen-bond donors (Lipinski definition) is 3. The SMILES string of the molecule is COB(C)C(Oc1cc(C(=O)Nc2ccc(C(=O)N3CCNC(=O)C3)cc2)nnc1N)c1c(Cl)ccc(F)c1Cl. The molecule has 40 heavy (non-hydrogen) atoms. The smallest absolute Gasteiger partial charge is 0.338 e. The molecule has 1 unspecified atom stereocenters. The van der Waals surface area contributed by atoms with E-state index < -0.39 is 24.6 Å². The van der Waals surface area contributed by atoms with E-state index in [0.717, 1.165) is 6.07 Å². The number of amides is 3. The van der Waals surface area contributed by atoms with Crippen LogP contribution in [0.3, 0.4) is 0 Å². The van der Waals surface area contributed by atoms with Crippen molar-refractivity contribution in [1.29, 1.82) is 0 Å². The first-order chi connectivity index (χ1) is 19.1. The summed E-state index contributed by atoms with van der Waals surface area (Å²) >= 11 is 12.5. The summed E-state index contributed by atoms with van der Waals surface area (Å²) in [5.41, 5.74) is 6.71. The third-order valence-corrected chi connectivity index (χ3v) is 6.86. The number of aromatic nitrogens is 2. The van der Waals surface area contributed by atoms with Crippen LogP contribution in [0.25, 0.3) is 0 Å². The van der Waals surface area contributed by atoms with E-state index in [1.165, 1.54) is 36.3 Å². The van der Waals surface area contributed by atoms with Crippen LogP contribution in [0.1, 0.15) is 32.4 Å². The molecule has 1 aromatic heterocycles. The second kappa shape index (κ2) is 12.5. The summed E-state index contributed by atoms with van der Waals surface area (Å²) in [4.78, 5) is 38.6. The molecule has 3 amide bonds. The highest BCUT2D eigenvalue weighted by Crippen LogP contribution is 2.37. The number of piperazine rings is 1. The van der Waals surface area contributed by atoms with Crippen molar-refractivity contribution in [3.63, 3.8) is 0 Å². The number of rotatable bonds is 8. The average Bonchev–Trinajstić information content (AvgIpc) is 2.95. The van der Waals surface area contributed by atoms with Gasteiger partial charge in [0.1, 0.15) is 11.8 Å². The average molecular weight is 589 g/mol. The second-order valence-electron chi connectivity index (χ2n) is 8.82. The number of nitrogens with zero attached hydrogens (tertiary/aromatic N) is 3. The van der Waals surface area contributed by atoms with Crippen LogP contribution in [0.5, 0.6) is 5.75 Å². The van der Waals surface area contributed by atoms with Gasteiger partial charge in [0.25, 0.3) is 11.8 Å². The monoisotopic (exact) mass is 588 g/mol. The number of ether oxygens (including phenoxy) is 1. The van der Waals surface area contributed by atoms with E-state index in [9.17, 15) is 18.8 Å². The number of halogens is 3. The molecule has 1 fully saturated rings. The van der Waals surface area contributed by atoms with Crippen LogP contribution in [-0.4, -0.2) is 66.5 Å². The standard InChI is InChI=1S/C25H24BCl2FN6O5/c1-26(39-2)22(20-15(27)7-8-16(29)21(20)28)40-18-11-17(33-34-23(18)30)24(37)32-14-5-3-13(4-6-14)25(38)35-10-9-31-19(36)12-35/h3-8,11,22H,9-10,12H2,1-2H3,(H2,30,34)(H,31,36)(H,32,37). The Hall–Kier alpha value is -3.94. The van der Waals surface area contributed by atoms with Gasteiger partial charge in [0.2, 0.25) is 5.91 Å². The van der Waals surface area contributed by atoms with Crippen LogP contribution in [0.2, 0.25) is 16.9 Å². The van der Waals surface area contributed by atoms with E-state index >= 15 is 0 Å². The number of nitrogens with one attached hydrogen (secondary N) is 2. The molecule has 15 heteroatoms. The first kappa shape index (κ1) is 29.1. The molecule has 1 aliphatic heterocycles. The minimum Gasteiger partial charge on any atom is -0.487 e. The Morgan fingerprint density at radius 1 is 1.20 bits per heavy atom. The molecule has 0 radical (unpaired) electrons. The fourth-order valence-electron chi connectivity index (χ4n) is 3.93. The van der Waals surface area contributed by atoms with Gasteiger partial charge in [-0.2, -0.15) is 0 Å². The topological polar surface area (TPSA) is 149 Å². The van der Waals surface area contributed by atoms with E-state index in [2.05, 4.69) is 20.8 Å². The van der Waals surface area contributed by atoms with Crippen LogP contribution in [0, 0.1) is 5.82 Å². The Labute approximate surface area is 239 Å². The second-order valence-corrected chi connectivity index (χ2v) is 9.61. The van der Waals surface area contributed by atoms with E-state index in [-0.39, 0.29) is 51.2 Å². The Balaban J connectivity index is 1.51. The van der Waals surface area contributed by atoms with E-state index in [1.807, 2.05) is 0 Å². The summed E-state index contributed by atoms with van der Waals surface area (Å²) in [7, 11) is 1.43. The van der Waals surface area contributed by atoms with Crippen LogP contribution in [-0.2, 0) is 9.45 Å². The Bertz CT molecular complexity index is 1450. The Kier molecular flexibility index (Phi) is 9.08. The van der Waals surface area contributed by atoms with Gasteiger partial charge in [0.15, 0.2) is 17.3 Å². The van der Waals surface area contributed by atoms with Gasteiger partial charge in [0.05, 0.1) is 11.6 Å². The number of hydrogen-bond acceptors (Lipinski definition) is 8. The van der Waals surface area contributed by atoms with Crippen molar-refractivity contribution in [1.82, 2.24) is 20.4 Å². The van der Waals surface area contributed by atoms with Gasteiger partial charge >= 0.3 is 6.92 Å². The lowest BCUT2D eigenvalue weighted by molar-refractivity contribution is -0.123. The normalized spacial score (nSPS) is 13.8. The summed E-state index contributed by atoms with van der Waals surface area (Å²) in [5.74, 6) is -2.02. The van der Waals surface area contributed by atoms with Gasteiger partial charge < -0.3 is 30.7 Å². The molecule has 0 aliphatic carbocycles. The maximum atomic E-state index is 14.2. The molecule has 1 atom stereocenters. The van der Waals surface area contributed by atoms with Crippen molar-refractivity contribution < 1.29 is 28.2 Å². The highest BCUT2D eigenvalue weighted by molar-refractivity contribution is 6.52. The van der Waals surface area contributed by atoms with Crippen molar-refractivity contribution in [3.05, 3.63) is 75.1 Å². The Morgan fingerprint density at radius 3 is 2.60 bits per heavy atom. The predicted octanol–water partition coefficient (Wildman–Crippen LogP) is 3.26. The molecule has 4 N–H and O–H groups in total. The van der Waals surface area contributed by atoms with E-state index in [0.29, 0.717) is 24.3 Å². The van der Waals surface area contributed by atoms with Crippen LogP contribution < -0.4 is 21.1 Å². The predicted molar refractivity (Wildman–Crippen MR) is 148 cm³/mol. The molecule has 11 nitrogen and oxygen atoms in total. The molecular weight excluding hydrogens is 565 g/mol. The van der Waals surface area contributed by atoms with E-state index in [1.54, 1.807) is 19.0 Å². The minimum atomic E-state index is -1.01. The van der Waals surface area contributed by atoms with Gasteiger partial charge in [0, 0.05) is 48.1 Å². The van der Waals surface area contributed by atoms with Gasteiger partial charge in [-0.3, -0.25) is 14.4 Å². The van der Waals surface area contributed by atoms with Crippen LogP contribution >= 0.6 is 23.2 Å². The molecule has 2 heterocycles. The third-order valence-electron chi connectivity index (χ3n) is 6.15. The quantitative estimate of drug-likeness (QED) is 0.268. The molecule has 0 saturated carbocycles. The summed E-state index contributed by atoms with van der Waals surface area (Å²) < 4.78 is 25.6.